The molecule has 0 aliphatic carbocycles. The summed E-state index contributed by atoms with van der Waals surface area (Å²) >= 11 is 7.64. The largest absolute Gasteiger partial charge is 0.338 e. The Morgan fingerprint density at radius 1 is 1.00 bits per heavy atom. The van der Waals surface area contributed by atoms with E-state index in [0.717, 1.165) is 47.5 Å². The van der Waals surface area contributed by atoms with Gasteiger partial charge in [-0.25, -0.2) is 4.98 Å². The minimum atomic E-state index is -0.153. The van der Waals surface area contributed by atoms with Crippen LogP contribution in [0.3, 0.4) is 0 Å². The van der Waals surface area contributed by atoms with Crippen molar-refractivity contribution in [1.29, 1.82) is 0 Å². The van der Waals surface area contributed by atoms with Crippen LogP contribution in [-0.4, -0.2) is 46.2 Å². The van der Waals surface area contributed by atoms with Gasteiger partial charge in [-0.3, -0.25) is 9.59 Å². The smallest absolute Gasteiger partial charge is 0.253 e. The molecule has 0 unspecified atom stereocenters. The zero-order chi connectivity index (χ0) is 21.4. The van der Waals surface area contributed by atoms with Gasteiger partial charge in [-0.1, -0.05) is 23.7 Å². The van der Waals surface area contributed by atoms with Crippen LogP contribution in [-0.2, 0) is 4.79 Å². The summed E-state index contributed by atoms with van der Waals surface area (Å²) in [4.78, 5) is 35.1. The molecule has 1 aromatic heterocycles. The molecule has 31 heavy (non-hydrogen) atoms. The molecule has 0 bridgehead atoms. The number of halogens is 1. The molecule has 3 heterocycles. The quantitative estimate of drug-likeness (QED) is 0.550. The van der Waals surface area contributed by atoms with Gasteiger partial charge in [0.15, 0.2) is 0 Å². The summed E-state index contributed by atoms with van der Waals surface area (Å²) < 4.78 is 1.16. The van der Waals surface area contributed by atoms with E-state index in [4.69, 9.17) is 16.6 Å². The molecule has 2 aliphatic rings. The number of carbonyl (C=O) groups is 2. The Bertz CT molecular complexity index is 1080. The van der Waals surface area contributed by atoms with Gasteiger partial charge >= 0.3 is 0 Å². The van der Waals surface area contributed by atoms with Crippen molar-refractivity contribution in [3.8, 4) is 0 Å². The van der Waals surface area contributed by atoms with Crippen molar-refractivity contribution < 1.29 is 9.59 Å². The van der Waals surface area contributed by atoms with Gasteiger partial charge in [0, 0.05) is 30.2 Å². The summed E-state index contributed by atoms with van der Waals surface area (Å²) in [6, 6.07) is 15.1. The van der Waals surface area contributed by atoms with Gasteiger partial charge in [-0.2, -0.15) is 0 Å². The molecule has 160 valence electrons. The summed E-state index contributed by atoms with van der Waals surface area (Å²) in [5.74, 6) is -0.0198. The maximum Gasteiger partial charge on any atom is 0.253 e. The number of carbonyl (C=O) groups excluding carboxylic acids is 2. The fourth-order valence-electron chi connectivity index (χ4n) is 4.69. The lowest BCUT2D eigenvalue weighted by atomic mass is 9.95. The fourth-order valence-corrected chi connectivity index (χ4v) is 5.93. The summed E-state index contributed by atoms with van der Waals surface area (Å²) in [5.41, 5.74) is 1.62. The number of likely N-dealkylation sites (tertiary alicyclic amines) is 2. The van der Waals surface area contributed by atoms with Crippen molar-refractivity contribution in [3.05, 3.63) is 64.1 Å². The zero-order valence-electron chi connectivity index (χ0n) is 17.2. The van der Waals surface area contributed by atoms with Crippen LogP contribution in [0.5, 0.6) is 0 Å². The number of para-hydroxylation sites is 1. The third-order valence-electron chi connectivity index (χ3n) is 6.28. The average Bonchev–Trinajstić information content (AvgIpc) is 3.45. The Morgan fingerprint density at radius 3 is 2.58 bits per heavy atom. The number of piperidine rings is 1. The van der Waals surface area contributed by atoms with Crippen molar-refractivity contribution in [2.75, 3.05) is 19.6 Å². The third kappa shape index (κ3) is 4.06. The Kier molecular flexibility index (Phi) is 5.67. The van der Waals surface area contributed by atoms with E-state index < -0.39 is 0 Å². The van der Waals surface area contributed by atoms with E-state index in [1.54, 1.807) is 35.6 Å². The van der Waals surface area contributed by atoms with Gasteiger partial charge in [-0.15, -0.1) is 11.3 Å². The van der Waals surface area contributed by atoms with Gasteiger partial charge in [0.2, 0.25) is 5.91 Å². The van der Waals surface area contributed by atoms with Crippen LogP contribution >= 0.6 is 22.9 Å². The second-order valence-corrected chi connectivity index (χ2v) is 9.81. The van der Waals surface area contributed by atoms with Gasteiger partial charge in [-0.05, 0) is 62.1 Å². The molecular weight excluding hydrogens is 430 g/mol. The van der Waals surface area contributed by atoms with Crippen molar-refractivity contribution >= 4 is 45.0 Å². The Balaban J connectivity index is 1.31. The third-order valence-corrected chi connectivity index (χ3v) is 7.67. The molecule has 7 heteroatoms. The van der Waals surface area contributed by atoms with Crippen LogP contribution in [0.2, 0.25) is 5.02 Å². The first-order valence-corrected chi connectivity index (χ1v) is 12.0. The molecule has 3 aromatic rings. The molecule has 2 aromatic carbocycles. The highest BCUT2D eigenvalue weighted by Crippen LogP contribution is 2.38. The lowest BCUT2D eigenvalue weighted by Crippen LogP contribution is -2.46. The number of thiazole rings is 1. The van der Waals surface area contributed by atoms with Crippen LogP contribution < -0.4 is 0 Å². The number of fused-ring (bicyclic) bond motifs is 1. The van der Waals surface area contributed by atoms with Crippen molar-refractivity contribution in [3.63, 3.8) is 0 Å². The highest BCUT2D eigenvalue weighted by molar-refractivity contribution is 7.18. The van der Waals surface area contributed by atoms with E-state index in [1.807, 2.05) is 28.0 Å². The highest BCUT2D eigenvalue weighted by atomic mass is 35.5. The minimum absolute atomic E-state index is 0.0293. The molecule has 0 saturated carbocycles. The van der Waals surface area contributed by atoms with E-state index in [2.05, 4.69) is 6.07 Å². The number of hydrogen-bond acceptors (Lipinski definition) is 4. The first kappa shape index (κ1) is 20.5. The highest BCUT2D eigenvalue weighted by Gasteiger charge is 2.38. The molecule has 0 spiro atoms. The molecule has 5 rings (SSSR count). The molecule has 2 fully saturated rings. The van der Waals surface area contributed by atoms with Crippen molar-refractivity contribution in [2.24, 2.45) is 5.92 Å². The predicted octanol–water partition coefficient (Wildman–Crippen LogP) is 5.17. The molecule has 2 aliphatic heterocycles. The number of rotatable bonds is 3. The van der Waals surface area contributed by atoms with Crippen LogP contribution in [0.4, 0.5) is 0 Å². The lowest BCUT2D eigenvalue weighted by molar-refractivity contribution is -0.137. The standard InChI is InChI=1S/C24H24ClN3O2S/c25-18-11-9-16(10-12-18)23(29)27-13-3-5-17(15-27)24(30)28-14-4-7-20(28)22-26-19-6-1-2-8-21(19)31-22/h1-2,6,8-12,17,20H,3-5,7,13-15H2/t17-,20-/m0/s1. The molecule has 2 amide bonds. The maximum absolute atomic E-state index is 13.5. The Hall–Kier alpha value is -2.44. The Morgan fingerprint density at radius 2 is 1.77 bits per heavy atom. The number of hydrogen-bond donors (Lipinski definition) is 0. The average molecular weight is 454 g/mol. The normalized spacial score (nSPS) is 21.6. The van der Waals surface area contributed by atoms with Crippen LogP contribution in [0.15, 0.2) is 48.5 Å². The van der Waals surface area contributed by atoms with E-state index in [-0.39, 0.29) is 23.8 Å². The van der Waals surface area contributed by atoms with E-state index in [1.165, 1.54) is 0 Å². The fraction of sp³-hybridized carbons (Fsp3) is 0.375. The second-order valence-electron chi connectivity index (χ2n) is 8.31. The maximum atomic E-state index is 13.5. The van der Waals surface area contributed by atoms with E-state index in [0.29, 0.717) is 23.7 Å². The first-order valence-electron chi connectivity index (χ1n) is 10.8. The lowest BCUT2D eigenvalue weighted by Gasteiger charge is -2.35. The van der Waals surface area contributed by atoms with Gasteiger partial charge in [0.25, 0.3) is 5.91 Å². The number of benzene rings is 2. The van der Waals surface area contributed by atoms with Crippen molar-refractivity contribution in [2.45, 2.75) is 31.7 Å². The van der Waals surface area contributed by atoms with E-state index >= 15 is 0 Å². The second kappa shape index (κ2) is 8.60. The van der Waals surface area contributed by atoms with Crippen LogP contribution in [0.25, 0.3) is 10.2 Å². The SMILES string of the molecule is O=C(c1ccc(Cl)cc1)N1CCC[C@H](C(=O)N2CCC[C@H]2c2nc3ccccc3s2)C1. The van der Waals surface area contributed by atoms with Gasteiger partial charge < -0.3 is 9.80 Å². The van der Waals surface area contributed by atoms with Gasteiger partial charge in [0.05, 0.1) is 22.2 Å². The number of amides is 2. The van der Waals surface area contributed by atoms with Crippen LogP contribution in [0, 0.1) is 5.92 Å². The minimum Gasteiger partial charge on any atom is -0.338 e. The molecule has 2 atom stereocenters. The summed E-state index contributed by atoms with van der Waals surface area (Å²) in [6.45, 7) is 1.93. The van der Waals surface area contributed by atoms with Crippen LogP contribution in [0.1, 0.15) is 47.1 Å². The molecule has 0 radical (unpaired) electrons. The predicted molar refractivity (Wildman–Crippen MR) is 123 cm³/mol. The zero-order valence-corrected chi connectivity index (χ0v) is 18.7. The number of aromatic nitrogens is 1. The van der Waals surface area contributed by atoms with E-state index in [9.17, 15) is 9.59 Å². The first-order chi connectivity index (χ1) is 15.1. The molecule has 5 nitrogen and oxygen atoms in total. The molecule has 0 N–H and O–H groups in total. The summed E-state index contributed by atoms with van der Waals surface area (Å²) in [7, 11) is 0. The topological polar surface area (TPSA) is 53.5 Å². The summed E-state index contributed by atoms with van der Waals surface area (Å²) in [5, 5.41) is 1.63. The monoisotopic (exact) mass is 453 g/mol. The van der Waals surface area contributed by atoms with Gasteiger partial charge in [0.1, 0.15) is 5.01 Å². The van der Waals surface area contributed by atoms with Crippen molar-refractivity contribution in [1.82, 2.24) is 14.8 Å². The Labute approximate surface area is 190 Å². The summed E-state index contributed by atoms with van der Waals surface area (Å²) in [6.07, 6.45) is 3.61. The number of nitrogens with zero attached hydrogens (tertiary/aromatic N) is 3. The molecular formula is C24H24ClN3O2S. The molecule has 2 saturated heterocycles.